The maximum Gasteiger partial charge on any atom is 0.243 e. The van der Waals surface area contributed by atoms with E-state index in [1.54, 1.807) is 0 Å². The predicted octanol–water partition coefficient (Wildman–Crippen LogP) is 1.49. The van der Waals surface area contributed by atoms with Crippen LogP contribution in [0, 0.1) is 0 Å². The van der Waals surface area contributed by atoms with Crippen LogP contribution in [-0.4, -0.2) is 39.3 Å². The van der Waals surface area contributed by atoms with E-state index < -0.39 is 0 Å². The van der Waals surface area contributed by atoms with Gasteiger partial charge >= 0.3 is 0 Å². The van der Waals surface area contributed by atoms with Gasteiger partial charge < -0.3 is 9.63 Å². The van der Waals surface area contributed by atoms with Crippen LogP contribution in [0.3, 0.4) is 0 Å². The van der Waals surface area contributed by atoms with E-state index in [1.165, 1.54) is 0 Å². The Balaban J connectivity index is 2.09. The molecule has 17 heavy (non-hydrogen) atoms. The number of aromatic nitrogens is 2. The minimum absolute atomic E-state index is 0.0794. The number of β-amino-alcohol motifs (C(OH)–C–C–N with tert-alkyl or cyclic N) is 1. The molecule has 0 aliphatic carbocycles. The summed E-state index contributed by atoms with van der Waals surface area (Å²) in [5, 5.41) is 13.5. The second kappa shape index (κ2) is 4.38. The molecule has 1 unspecified atom stereocenters. The highest BCUT2D eigenvalue weighted by molar-refractivity contribution is 5.02. The van der Waals surface area contributed by atoms with E-state index in [9.17, 15) is 5.11 Å². The molecule has 1 aliphatic rings. The number of rotatable bonds is 2. The first kappa shape index (κ1) is 12.5. The first-order valence-corrected chi connectivity index (χ1v) is 6.14. The standard InChI is InChI=1S/C12H21N3O2/c1-8(15-6-5-9(16)7-15)10-13-11(14-17-10)12(2,3)4/h8-9,16H,5-7H2,1-4H3/t8?,9-/m0/s1. The summed E-state index contributed by atoms with van der Waals surface area (Å²) in [5.74, 6) is 1.38. The fraction of sp³-hybridized carbons (Fsp3) is 0.833. The van der Waals surface area contributed by atoms with Crippen LogP contribution >= 0.6 is 0 Å². The van der Waals surface area contributed by atoms with Gasteiger partial charge in [-0.05, 0) is 13.3 Å². The van der Waals surface area contributed by atoms with Crippen LogP contribution in [-0.2, 0) is 5.41 Å². The molecule has 1 aliphatic heterocycles. The van der Waals surface area contributed by atoms with Crippen molar-refractivity contribution in [1.29, 1.82) is 0 Å². The fourth-order valence-electron chi connectivity index (χ4n) is 1.99. The molecule has 5 nitrogen and oxygen atoms in total. The van der Waals surface area contributed by atoms with Gasteiger partial charge in [-0.2, -0.15) is 4.98 Å². The molecule has 0 bridgehead atoms. The van der Waals surface area contributed by atoms with Gasteiger partial charge in [0.25, 0.3) is 0 Å². The van der Waals surface area contributed by atoms with Crippen molar-refractivity contribution >= 4 is 0 Å². The zero-order chi connectivity index (χ0) is 12.6. The number of likely N-dealkylation sites (tertiary alicyclic amines) is 1. The first-order chi connectivity index (χ1) is 7.88. The van der Waals surface area contributed by atoms with Crippen molar-refractivity contribution in [2.24, 2.45) is 0 Å². The van der Waals surface area contributed by atoms with Gasteiger partial charge in [-0.25, -0.2) is 0 Å². The van der Waals surface area contributed by atoms with Gasteiger partial charge in [-0.15, -0.1) is 0 Å². The summed E-state index contributed by atoms with van der Waals surface area (Å²) in [5.41, 5.74) is -0.0913. The second-order valence-electron chi connectivity index (χ2n) is 5.82. The van der Waals surface area contributed by atoms with Gasteiger partial charge in [0, 0.05) is 18.5 Å². The topological polar surface area (TPSA) is 62.4 Å². The molecule has 96 valence electrons. The average Bonchev–Trinajstić information content (AvgIpc) is 2.83. The van der Waals surface area contributed by atoms with E-state index in [1.807, 2.05) is 6.92 Å². The third-order valence-electron chi connectivity index (χ3n) is 3.21. The van der Waals surface area contributed by atoms with Crippen LogP contribution in [0.15, 0.2) is 4.52 Å². The summed E-state index contributed by atoms with van der Waals surface area (Å²) in [6.45, 7) is 9.80. The Labute approximate surface area is 102 Å². The van der Waals surface area contributed by atoms with E-state index >= 15 is 0 Å². The van der Waals surface area contributed by atoms with Crippen molar-refractivity contribution < 1.29 is 9.63 Å². The van der Waals surface area contributed by atoms with Gasteiger partial charge in [-0.3, -0.25) is 4.90 Å². The zero-order valence-electron chi connectivity index (χ0n) is 11.0. The molecule has 0 aromatic carbocycles. The first-order valence-electron chi connectivity index (χ1n) is 6.14. The summed E-state index contributed by atoms with van der Waals surface area (Å²) in [6, 6.07) is 0.0794. The molecule has 1 aromatic heterocycles. The highest BCUT2D eigenvalue weighted by atomic mass is 16.5. The van der Waals surface area contributed by atoms with E-state index in [0.29, 0.717) is 12.4 Å². The molecule has 0 saturated carbocycles. The Morgan fingerprint density at radius 3 is 2.65 bits per heavy atom. The molecule has 1 saturated heterocycles. The molecule has 1 aromatic rings. The van der Waals surface area contributed by atoms with Gasteiger partial charge in [0.05, 0.1) is 12.1 Å². The van der Waals surface area contributed by atoms with Gasteiger partial charge in [0.15, 0.2) is 5.82 Å². The summed E-state index contributed by atoms with van der Waals surface area (Å²) in [6.07, 6.45) is 0.604. The van der Waals surface area contributed by atoms with Crippen molar-refractivity contribution in [3.05, 3.63) is 11.7 Å². The van der Waals surface area contributed by atoms with Gasteiger partial charge in [-0.1, -0.05) is 25.9 Å². The lowest BCUT2D eigenvalue weighted by molar-refractivity contribution is 0.151. The van der Waals surface area contributed by atoms with Gasteiger partial charge in [0.1, 0.15) is 0 Å². The molecule has 0 amide bonds. The normalized spacial score (nSPS) is 24.2. The molecule has 2 rings (SSSR count). The summed E-state index contributed by atoms with van der Waals surface area (Å²) < 4.78 is 5.32. The quantitative estimate of drug-likeness (QED) is 0.847. The van der Waals surface area contributed by atoms with E-state index in [4.69, 9.17) is 4.52 Å². The predicted molar refractivity (Wildman–Crippen MR) is 63.6 cm³/mol. The molecule has 2 atom stereocenters. The minimum Gasteiger partial charge on any atom is -0.392 e. The van der Waals surface area contributed by atoms with Crippen LogP contribution in [0.25, 0.3) is 0 Å². The molecular formula is C12H21N3O2. The zero-order valence-corrected chi connectivity index (χ0v) is 11.0. The lowest BCUT2D eigenvalue weighted by Gasteiger charge is -2.20. The van der Waals surface area contributed by atoms with Gasteiger partial charge in [0.2, 0.25) is 5.89 Å². The summed E-state index contributed by atoms with van der Waals surface area (Å²) >= 11 is 0. The smallest absolute Gasteiger partial charge is 0.243 e. The molecule has 0 radical (unpaired) electrons. The largest absolute Gasteiger partial charge is 0.392 e. The van der Waals surface area contributed by atoms with Crippen molar-refractivity contribution in [2.75, 3.05) is 13.1 Å². The molecule has 1 fully saturated rings. The van der Waals surface area contributed by atoms with Crippen molar-refractivity contribution in [3.63, 3.8) is 0 Å². The number of hydrogen-bond acceptors (Lipinski definition) is 5. The highest BCUT2D eigenvalue weighted by Crippen LogP contribution is 2.26. The molecule has 0 spiro atoms. The Morgan fingerprint density at radius 2 is 2.18 bits per heavy atom. The van der Waals surface area contributed by atoms with E-state index in [0.717, 1.165) is 18.8 Å². The van der Waals surface area contributed by atoms with Crippen LogP contribution in [0.5, 0.6) is 0 Å². The maximum atomic E-state index is 9.52. The average molecular weight is 239 g/mol. The Bertz CT molecular complexity index is 383. The molecule has 2 heterocycles. The minimum atomic E-state index is -0.220. The monoisotopic (exact) mass is 239 g/mol. The third kappa shape index (κ3) is 2.66. The lowest BCUT2D eigenvalue weighted by atomic mass is 9.96. The second-order valence-corrected chi connectivity index (χ2v) is 5.82. The van der Waals surface area contributed by atoms with Crippen molar-refractivity contribution in [1.82, 2.24) is 15.0 Å². The SMILES string of the molecule is CC(c1nc(C(C)(C)C)no1)N1CC[C@H](O)C1. The van der Waals surface area contributed by atoms with Crippen LogP contribution < -0.4 is 0 Å². The number of nitrogens with zero attached hydrogens (tertiary/aromatic N) is 3. The van der Waals surface area contributed by atoms with Crippen molar-refractivity contribution in [3.8, 4) is 0 Å². The Kier molecular flexibility index (Phi) is 3.23. The Hall–Kier alpha value is -0.940. The van der Waals surface area contributed by atoms with Crippen LogP contribution in [0.1, 0.15) is 51.9 Å². The third-order valence-corrected chi connectivity index (χ3v) is 3.21. The van der Waals surface area contributed by atoms with E-state index in [2.05, 4.69) is 35.8 Å². The van der Waals surface area contributed by atoms with Crippen LogP contribution in [0.2, 0.25) is 0 Å². The molecule has 5 heteroatoms. The molecular weight excluding hydrogens is 218 g/mol. The Morgan fingerprint density at radius 1 is 1.47 bits per heavy atom. The molecule has 1 N–H and O–H groups in total. The highest BCUT2D eigenvalue weighted by Gasteiger charge is 2.30. The maximum absolute atomic E-state index is 9.52. The van der Waals surface area contributed by atoms with E-state index in [-0.39, 0.29) is 17.6 Å². The summed E-state index contributed by atoms with van der Waals surface area (Å²) in [4.78, 5) is 6.62. The number of aliphatic hydroxyl groups excluding tert-OH is 1. The van der Waals surface area contributed by atoms with Crippen LogP contribution in [0.4, 0.5) is 0 Å². The lowest BCUT2D eigenvalue weighted by Crippen LogP contribution is -2.26. The number of aliphatic hydroxyl groups is 1. The fourth-order valence-corrected chi connectivity index (χ4v) is 1.99. The summed E-state index contributed by atoms with van der Waals surface area (Å²) in [7, 11) is 0. The van der Waals surface area contributed by atoms with Crippen molar-refractivity contribution in [2.45, 2.75) is 51.7 Å². The number of hydrogen-bond donors (Lipinski definition) is 1.